The van der Waals surface area contributed by atoms with Gasteiger partial charge in [-0.25, -0.2) is 0 Å². The first-order chi connectivity index (χ1) is 12.5. The molecule has 0 radical (unpaired) electrons. The first kappa shape index (κ1) is 20.4. The third kappa shape index (κ3) is 6.74. The van der Waals surface area contributed by atoms with Gasteiger partial charge in [-0.2, -0.15) is 0 Å². The second-order valence-electron chi connectivity index (χ2n) is 7.88. The molecule has 0 amide bonds. The Labute approximate surface area is 159 Å². The zero-order valence-electron chi connectivity index (χ0n) is 17.0. The highest BCUT2D eigenvalue weighted by atomic mass is 16.5. The van der Waals surface area contributed by atoms with Crippen molar-refractivity contribution < 1.29 is 9.47 Å². The standard InChI is InChI=1S/C24H34O2/c1-18(2)9-8-10-19(3)15-16-25-22-11-6-7-12-23(22)26-24-17-20(4)13-14-21(24)5/h6-7,11-14,17-19H,8-10,15-16H2,1-5H3. The fourth-order valence-electron chi connectivity index (χ4n) is 2.98. The van der Waals surface area contributed by atoms with Crippen LogP contribution in [0.2, 0.25) is 0 Å². The van der Waals surface area contributed by atoms with Crippen LogP contribution in [0.25, 0.3) is 0 Å². The van der Waals surface area contributed by atoms with E-state index in [0.29, 0.717) is 5.92 Å². The maximum atomic E-state index is 6.14. The summed E-state index contributed by atoms with van der Waals surface area (Å²) in [5.74, 6) is 3.99. The predicted molar refractivity (Wildman–Crippen MR) is 110 cm³/mol. The predicted octanol–water partition coefficient (Wildman–Crippen LogP) is 7.33. The van der Waals surface area contributed by atoms with Crippen LogP contribution in [-0.2, 0) is 0 Å². The molecule has 2 nitrogen and oxygen atoms in total. The molecule has 26 heavy (non-hydrogen) atoms. The highest BCUT2D eigenvalue weighted by Crippen LogP contribution is 2.33. The summed E-state index contributed by atoms with van der Waals surface area (Å²) in [6.45, 7) is 11.8. The molecule has 2 rings (SSSR count). The van der Waals surface area contributed by atoms with Crippen molar-refractivity contribution in [1.82, 2.24) is 0 Å². The molecule has 1 unspecified atom stereocenters. The van der Waals surface area contributed by atoms with Gasteiger partial charge in [-0.3, -0.25) is 0 Å². The van der Waals surface area contributed by atoms with Crippen molar-refractivity contribution in [2.75, 3.05) is 6.61 Å². The van der Waals surface area contributed by atoms with Crippen LogP contribution in [0, 0.1) is 25.7 Å². The number of aryl methyl sites for hydroxylation is 2. The Hall–Kier alpha value is -1.96. The highest BCUT2D eigenvalue weighted by Gasteiger charge is 2.09. The summed E-state index contributed by atoms with van der Waals surface area (Å²) < 4.78 is 12.2. The molecule has 2 heteroatoms. The quantitative estimate of drug-likeness (QED) is 0.445. The van der Waals surface area contributed by atoms with Gasteiger partial charge in [0, 0.05) is 0 Å². The molecule has 0 aliphatic rings. The van der Waals surface area contributed by atoms with Crippen molar-refractivity contribution in [2.24, 2.45) is 11.8 Å². The topological polar surface area (TPSA) is 18.5 Å². The Bertz CT molecular complexity index is 676. The minimum atomic E-state index is 0.695. The Morgan fingerprint density at radius 3 is 2.27 bits per heavy atom. The average Bonchev–Trinajstić information content (AvgIpc) is 2.59. The smallest absolute Gasteiger partial charge is 0.169 e. The monoisotopic (exact) mass is 354 g/mol. The summed E-state index contributed by atoms with van der Waals surface area (Å²) in [7, 11) is 0. The van der Waals surface area contributed by atoms with Gasteiger partial charge in [-0.1, -0.05) is 64.3 Å². The largest absolute Gasteiger partial charge is 0.490 e. The molecule has 142 valence electrons. The molecule has 0 bridgehead atoms. The summed E-state index contributed by atoms with van der Waals surface area (Å²) in [6.07, 6.45) is 4.99. The van der Waals surface area contributed by atoms with Crippen molar-refractivity contribution >= 4 is 0 Å². The lowest BCUT2D eigenvalue weighted by molar-refractivity contribution is 0.266. The zero-order valence-corrected chi connectivity index (χ0v) is 17.0. The van der Waals surface area contributed by atoms with Crippen molar-refractivity contribution in [1.29, 1.82) is 0 Å². The van der Waals surface area contributed by atoms with E-state index in [2.05, 4.69) is 52.8 Å². The molecule has 1 atom stereocenters. The van der Waals surface area contributed by atoms with E-state index >= 15 is 0 Å². The normalized spacial score (nSPS) is 12.2. The molecule has 0 spiro atoms. The molecule has 0 heterocycles. The van der Waals surface area contributed by atoms with Crippen molar-refractivity contribution in [3.63, 3.8) is 0 Å². The molecule has 2 aromatic rings. The Morgan fingerprint density at radius 1 is 0.808 bits per heavy atom. The van der Waals surface area contributed by atoms with Crippen LogP contribution in [0.3, 0.4) is 0 Å². The Morgan fingerprint density at radius 2 is 1.54 bits per heavy atom. The molecule has 2 aromatic carbocycles. The zero-order chi connectivity index (χ0) is 18.9. The van der Waals surface area contributed by atoms with Crippen LogP contribution in [-0.4, -0.2) is 6.61 Å². The third-order valence-corrected chi connectivity index (χ3v) is 4.76. The molecule has 0 aliphatic heterocycles. The van der Waals surface area contributed by atoms with Gasteiger partial charge in [0.05, 0.1) is 6.61 Å². The lowest BCUT2D eigenvalue weighted by Crippen LogP contribution is -2.05. The van der Waals surface area contributed by atoms with E-state index in [4.69, 9.17) is 9.47 Å². The molecule has 0 N–H and O–H groups in total. The maximum absolute atomic E-state index is 6.14. The Kier molecular flexibility index (Phi) is 8.03. The second kappa shape index (κ2) is 10.3. The van der Waals surface area contributed by atoms with Gasteiger partial charge in [0.2, 0.25) is 0 Å². The van der Waals surface area contributed by atoms with Crippen LogP contribution >= 0.6 is 0 Å². The van der Waals surface area contributed by atoms with Gasteiger partial charge >= 0.3 is 0 Å². The number of para-hydroxylation sites is 2. The van der Waals surface area contributed by atoms with Gasteiger partial charge in [0.1, 0.15) is 5.75 Å². The summed E-state index contributed by atoms with van der Waals surface area (Å²) in [4.78, 5) is 0. The first-order valence-electron chi connectivity index (χ1n) is 9.92. The van der Waals surface area contributed by atoms with E-state index in [-0.39, 0.29) is 0 Å². The molecular weight excluding hydrogens is 320 g/mol. The second-order valence-corrected chi connectivity index (χ2v) is 7.88. The SMILES string of the molecule is Cc1ccc(C)c(Oc2ccccc2OCCC(C)CCCC(C)C)c1. The third-order valence-electron chi connectivity index (χ3n) is 4.76. The summed E-state index contributed by atoms with van der Waals surface area (Å²) in [5.41, 5.74) is 2.32. The molecule has 0 aliphatic carbocycles. The first-order valence-corrected chi connectivity index (χ1v) is 9.92. The summed E-state index contributed by atoms with van der Waals surface area (Å²) in [5, 5.41) is 0. The highest BCUT2D eigenvalue weighted by molar-refractivity contribution is 5.45. The van der Waals surface area contributed by atoms with Crippen LogP contribution in [0.4, 0.5) is 0 Å². The van der Waals surface area contributed by atoms with Crippen molar-refractivity contribution in [3.05, 3.63) is 53.6 Å². The molecule has 0 saturated heterocycles. The minimum absolute atomic E-state index is 0.695. The van der Waals surface area contributed by atoms with Crippen LogP contribution in [0.5, 0.6) is 17.2 Å². The van der Waals surface area contributed by atoms with Gasteiger partial charge in [-0.15, -0.1) is 0 Å². The summed E-state index contributed by atoms with van der Waals surface area (Å²) >= 11 is 0. The minimum Gasteiger partial charge on any atom is -0.490 e. The lowest BCUT2D eigenvalue weighted by atomic mass is 9.98. The number of rotatable bonds is 10. The number of hydrogen-bond donors (Lipinski definition) is 0. The van der Waals surface area contributed by atoms with Gasteiger partial charge in [0.15, 0.2) is 11.5 Å². The van der Waals surface area contributed by atoms with Crippen LogP contribution in [0.1, 0.15) is 57.6 Å². The van der Waals surface area contributed by atoms with E-state index in [0.717, 1.165) is 41.8 Å². The summed E-state index contributed by atoms with van der Waals surface area (Å²) in [6, 6.07) is 14.2. The average molecular weight is 355 g/mol. The lowest BCUT2D eigenvalue weighted by Gasteiger charge is -2.16. The van der Waals surface area contributed by atoms with Crippen LogP contribution < -0.4 is 9.47 Å². The van der Waals surface area contributed by atoms with Crippen molar-refractivity contribution in [2.45, 2.75) is 60.3 Å². The fourth-order valence-corrected chi connectivity index (χ4v) is 2.98. The number of ether oxygens (including phenoxy) is 2. The number of benzene rings is 2. The molecule has 0 fully saturated rings. The van der Waals surface area contributed by atoms with E-state index in [1.54, 1.807) is 0 Å². The maximum Gasteiger partial charge on any atom is 0.169 e. The van der Waals surface area contributed by atoms with Gasteiger partial charge in [-0.05, 0) is 61.4 Å². The fraction of sp³-hybridized carbons (Fsp3) is 0.500. The number of hydrogen-bond acceptors (Lipinski definition) is 2. The van der Waals surface area contributed by atoms with Gasteiger partial charge < -0.3 is 9.47 Å². The van der Waals surface area contributed by atoms with Gasteiger partial charge in [0.25, 0.3) is 0 Å². The Balaban J connectivity index is 1.89. The van der Waals surface area contributed by atoms with Crippen molar-refractivity contribution in [3.8, 4) is 17.2 Å². The van der Waals surface area contributed by atoms with E-state index in [1.165, 1.54) is 24.8 Å². The molecular formula is C24H34O2. The molecule has 0 saturated carbocycles. The van der Waals surface area contributed by atoms with E-state index in [9.17, 15) is 0 Å². The van der Waals surface area contributed by atoms with E-state index in [1.807, 2.05) is 24.3 Å². The van der Waals surface area contributed by atoms with E-state index < -0.39 is 0 Å². The molecule has 0 aromatic heterocycles. The van der Waals surface area contributed by atoms with Crippen LogP contribution in [0.15, 0.2) is 42.5 Å².